The fourth-order valence-electron chi connectivity index (χ4n) is 3.24. The van der Waals surface area contributed by atoms with E-state index in [1.165, 1.54) is 15.3 Å². The molecule has 1 aliphatic heterocycles. The average Bonchev–Trinajstić information content (AvgIpc) is 3.32. The zero-order valence-electron chi connectivity index (χ0n) is 13.6. The molecule has 1 aliphatic rings. The molecule has 0 spiro atoms. The van der Waals surface area contributed by atoms with Crippen molar-refractivity contribution >= 4 is 44.5 Å². The third-order valence-corrected chi connectivity index (χ3v) is 7.06. The molecule has 3 heterocycles. The molecule has 0 N–H and O–H groups in total. The summed E-state index contributed by atoms with van der Waals surface area (Å²) in [6.07, 6.45) is 0.905. The predicted molar refractivity (Wildman–Crippen MR) is 106 cm³/mol. The Morgan fingerprint density at radius 1 is 1.24 bits per heavy atom. The first-order valence-corrected chi connectivity index (χ1v) is 10.5. The summed E-state index contributed by atoms with van der Waals surface area (Å²) < 4.78 is 6.09. The van der Waals surface area contributed by atoms with Crippen molar-refractivity contribution < 1.29 is 9.53 Å². The van der Waals surface area contributed by atoms with Crippen LogP contribution < -0.4 is 4.74 Å². The molecular formula is C19H16BrNO2S2. The lowest BCUT2D eigenvalue weighted by molar-refractivity contribution is 0.0697. The zero-order chi connectivity index (χ0) is 17.4. The highest BCUT2D eigenvalue weighted by Crippen LogP contribution is 2.40. The maximum Gasteiger partial charge on any atom is 0.255 e. The van der Waals surface area contributed by atoms with Gasteiger partial charge in [0.15, 0.2) is 0 Å². The number of ether oxygens (including phenoxy) is 1. The topological polar surface area (TPSA) is 29.5 Å². The Morgan fingerprint density at radius 2 is 2.12 bits per heavy atom. The first-order valence-electron chi connectivity index (χ1n) is 7.93. The minimum absolute atomic E-state index is 0.0133. The number of hydrogen-bond donors (Lipinski definition) is 0. The van der Waals surface area contributed by atoms with Gasteiger partial charge in [-0.1, -0.05) is 6.07 Å². The van der Waals surface area contributed by atoms with Crippen LogP contribution in [0, 0.1) is 0 Å². The molecule has 3 nitrogen and oxygen atoms in total. The third kappa shape index (κ3) is 3.03. The van der Waals surface area contributed by atoms with Crippen LogP contribution in [0.5, 0.6) is 5.75 Å². The lowest BCUT2D eigenvalue weighted by Gasteiger charge is -2.35. The van der Waals surface area contributed by atoms with Crippen LogP contribution in [0.4, 0.5) is 0 Å². The smallest absolute Gasteiger partial charge is 0.255 e. The molecule has 1 unspecified atom stereocenters. The Labute approximate surface area is 163 Å². The van der Waals surface area contributed by atoms with Crippen LogP contribution in [0.2, 0.25) is 0 Å². The molecular weight excluding hydrogens is 418 g/mol. The number of fused-ring (bicyclic) bond motifs is 1. The average molecular weight is 434 g/mol. The Bertz CT molecular complexity index is 904. The van der Waals surface area contributed by atoms with E-state index in [9.17, 15) is 4.79 Å². The van der Waals surface area contributed by atoms with Crippen molar-refractivity contribution in [2.24, 2.45) is 0 Å². The maximum atomic E-state index is 13.4. The molecule has 0 aliphatic carbocycles. The summed E-state index contributed by atoms with van der Waals surface area (Å²) in [5, 5.41) is 4.20. The number of hydrogen-bond acceptors (Lipinski definition) is 4. The summed E-state index contributed by atoms with van der Waals surface area (Å²) in [6.45, 7) is 0.721. The monoisotopic (exact) mass is 433 g/mol. The quantitative estimate of drug-likeness (QED) is 0.555. The summed E-state index contributed by atoms with van der Waals surface area (Å²) in [6, 6.07) is 11.8. The highest BCUT2D eigenvalue weighted by Gasteiger charge is 2.34. The number of halogens is 1. The molecule has 1 aromatic carbocycles. The van der Waals surface area contributed by atoms with Crippen molar-refractivity contribution in [1.82, 2.24) is 4.90 Å². The van der Waals surface area contributed by atoms with Crippen LogP contribution in [0.3, 0.4) is 0 Å². The van der Waals surface area contributed by atoms with E-state index in [1.807, 2.05) is 23.1 Å². The van der Waals surface area contributed by atoms with Gasteiger partial charge in [-0.2, -0.15) is 0 Å². The second-order valence-corrected chi connectivity index (χ2v) is 8.65. The van der Waals surface area contributed by atoms with E-state index in [2.05, 4.69) is 38.8 Å². The highest BCUT2D eigenvalue weighted by molar-refractivity contribution is 9.10. The second kappa shape index (κ2) is 6.94. The molecule has 2 aromatic heterocycles. The molecule has 0 radical (unpaired) electrons. The van der Waals surface area contributed by atoms with E-state index in [4.69, 9.17) is 4.74 Å². The Hall–Kier alpha value is -1.63. The molecule has 0 saturated heterocycles. The fourth-order valence-corrected chi connectivity index (χ4v) is 5.41. The van der Waals surface area contributed by atoms with Crippen molar-refractivity contribution in [3.05, 3.63) is 72.5 Å². The lowest BCUT2D eigenvalue weighted by atomic mass is 9.97. The van der Waals surface area contributed by atoms with Gasteiger partial charge in [-0.05, 0) is 69.0 Å². The standard InChI is InChI=1S/C19H16BrNO2S2/c1-23-12-4-5-15(20)14(11-12)19(22)21-8-6-16-13(7-10-25-16)18(21)17-3-2-9-24-17/h2-5,7,9-11,18H,6,8H2,1H3. The van der Waals surface area contributed by atoms with Gasteiger partial charge in [-0.3, -0.25) is 4.79 Å². The first kappa shape index (κ1) is 16.8. The Balaban J connectivity index is 1.77. The fraction of sp³-hybridized carbons (Fsp3) is 0.211. The lowest BCUT2D eigenvalue weighted by Crippen LogP contribution is -2.39. The molecule has 0 bridgehead atoms. The summed E-state index contributed by atoms with van der Waals surface area (Å²) >= 11 is 7.00. The van der Waals surface area contributed by atoms with Gasteiger partial charge < -0.3 is 9.64 Å². The van der Waals surface area contributed by atoms with Crippen molar-refractivity contribution in [2.45, 2.75) is 12.5 Å². The molecule has 1 atom stereocenters. The van der Waals surface area contributed by atoms with Gasteiger partial charge in [0.1, 0.15) is 5.75 Å². The van der Waals surface area contributed by atoms with Gasteiger partial charge >= 0.3 is 0 Å². The number of thiophene rings is 2. The second-order valence-electron chi connectivity index (χ2n) is 5.81. The number of amides is 1. The van der Waals surface area contributed by atoms with Gasteiger partial charge in [0, 0.05) is 20.8 Å². The minimum Gasteiger partial charge on any atom is -0.497 e. The number of benzene rings is 1. The summed E-state index contributed by atoms with van der Waals surface area (Å²) in [4.78, 5) is 17.9. The zero-order valence-corrected chi connectivity index (χ0v) is 16.8. The highest BCUT2D eigenvalue weighted by atomic mass is 79.9. The normalized spacial score (nSPS) is 16.6. The van der Waals surface area contributed by atoms with Crippen LogP contribution in [0.1, 0.15) is 31.7 Å². The Morgan fingerprint density at radius 3 is 2.88 bits per heavy atom. The van der Waals surface area contributed by atoms with Crippen LogP contribution >= 0.6 is 38.6 Å². The number of carbonyl (C=O) groups is 1. The van der Waals surface area contributed by atoms with Crippen LogP contribution in [-0.2, 0) is 6.42 Å². The van der Waals surface area contributed by atoms with Gasteiger partial charge in [-0.25, -0.2) is 0 Å². The number of methoxy groups -OCH3 is 1. The first-order chi connectivity index (χ1) is 12.2. The van der Waals surface area contributed by atoms with E-state index in [0.29, 0.717) is 11.3 Å². The van der Waals surface area contributed by atoms with Gasteiger partial charge in [0.05, 0.1) is 18.7 Å². The molecule has 3 aromatic rings. The van der Waals surface area contributed by atoms with Crippen LogP contribution in [-0.4, -0.2) is 24.5 Å². The summed E-state index contributed by atoms with van der Waals surface area (Å²) in [7, 11) is 1.62. The summed E-state index contributed by atoms with van der Waals surface area (Å²) in [5.41, 5.74) is 1.89. The van der Waals surface area contributed by atoms with E-state index >= 15 is 0 Å². The maximum absolute atomic E-state index is 13.4. The van der Waals surface area contributed by atoms with Crippen molar-refractivity contribution in [1.29, 1.82) is 0 Å². The molecule has 25 heavy (non-hydrogen) atoms. The van der Waals surface area contributed by atoms with Crippen molar-refractivity contribution in [3.8, 4) is 5.75 Å². The van der Waals surface area contributed by atoms with E-state index < -0.39 is 0 Å². The minimum atomic E-state index is -0.0133. The number of nitrogens with zero attached hydrogens (tertiary/aromatic N) is 1. The SMILES string of the molecule is COc1ccc(Br)c(C(=O)N2CCc3sccc3C2c2cccs2)c1. The van der Waals surface area contributed by atoms with Gasteiger partial charge in [0.2, 0.25) is 0 Å². The molecule has 1 amide bonds. The molecule has 0 saturated carbocycles. The number of rotatable bonds is 3. The van der Waals surface area contributed by atoms with Gasteiger partial charge in [0.25, 0.3) is 5.91 Å². The molecule has 6 heteroatoms. The molecule has 0 fully saturated rings. The predicted octanol–water partition coefficient (Wildman–Crippen LogP) is 5.37. The third-order valence-electron chi connectivity index (χ3n) is 4.44. The van der Waals surface area contributed by atoms with E-state index in [-0.39, 0.29) is 11.9 Å². The van der Waals surface area contributed by atoms with Crippen LogP contribution in [0.25, 0.3) is 0 Å². The van der Waals surface area contributed by atoms with Crippen molar-refractivity contribution in [2.75, 3.05) is 13.7 Å². The van der Waals surface area contributed by atoms with Gasteiger partial charge in [-0.15, -0.1) is 22.7 Å². The molecule has 4 rings (SSSR count). The number of carbonyl (C=O) groups excluding carboxylic acids is 1. The Kier molecular flexibility index (Phi) is 4.67. The van der Waals surface area contributed by atoms with Crippen molar-refractivity contribution in [3.63, 3.8) is 0 Å². The summed E-state index contributed by atoms with van der Waals surface area (Å²) in [5.74, 6) is 0.716. The van der Waals surface area contributed by atoms with E-state index in [0.717, 1.165) is 17.4 Å². The van der Waals surface area contributed by atoms with E-state index in [1.54, 1.807) is 35.8 Å². The molecule has 128 valence electrons. The largest absolute Gasteiger partial charge is 0.497 e. The van der Waals surface area contributed by atoms with Crippen LogP contribution in [0.15, 0.2) is 51.6 Å².